The molecule has 9 heteroatoms. The van der Waals surface area contributed by atoms with Gasteiger partial charge in [0.1, 0.15) is 11.6 Å². The normalized spacial score (nSPS) is 11.2. The van der Waals surface area contributed by atoms with Crippen LogP contribution in [0.3, 0.4) is 0 Å². The Morgan fingerprint density at radius 2 is 1.75 bits per heavy atom. The summed E-state index contributed by atoms with van der Waals surface area (Å²) in [7, 11) is 0. The number of rotatable bonds is 6. The van der Waals surface area contributed by atoms with E-state index >= 15 is 8.78 Å². The Morgan fingerprint density at radius 1 is 1.03 bits per heavy atom. The molecule has 0 bridgehead atoms. The van der Waals surface area contributed by atoms with Crippen LogP contribution in [0, 0.1) is 24.4 Å². The fourth-order valence-electron chi connectivity index (χ4n) is 3.20. The van der Waals surface area contributed by atoms with Gasteiger partial charge in [0.15, 0.2) is 11.6 Å². The van der Waals surface area contributed by atoms with E-state index in [4.69, 9.17) is 10.5 Å². The van der Waals surface area contributed by atoms with Crippen LogP contribution in [0.4, 0.5) is 13.2 Å². The van der Waals surface area contributed by atoms with Gasteiger partial charge in [-0.2, -0.15) is 4.39 Å². The van der Waals surface area contributed by atoms with Gasteiger partial charge in [0, 0.05) is 16.5 Å². The minimum atomic E-state index is -1.18. The summed E-state index contributed by atoms with van der Waals surface area (Å²) < 4.78 is 51.2. The van der Waals surface area contributed by atoms with Gasteiger partial charge >= 0.3 is 0 Å². The summed E-state index contributed by atoms with van der Waals surface area (Å²) in [5, 5.41) is 0.461. The number of thioether (sulfide) groups is 1. The first-order valence-corrected chi connectivity index (χ1v) is 11.4. The van der Waals surface area contributed by atoms with Crippen molar-refractivity contribution in [2.75, 3.05) is 6.26 Å². The van der Waals surface area contributed by atoms with Crippen LogP contribution >= 0.6 is 23.7 Å². The number of nitrogens with zero attached hydrogens (tertiary/aromatic N) is 1. The van der Waals surface area contributed by atoms with E-state index in [0.717, 1.165) is 22.6 Å². The van der Waals surface area contributed by atoms with Gasteiger partial charge in [-0.05, 0) is 61.5 Å². The molecule has 0 atom stereocenters. The maximum atomic E-state index is 15.2. The quantitative estimate of drug-likeness (QED) is 0.323. The van der Waals surface area contributed by atoms with E-state index in [2.05, 4.69) is 0 Å². The van der Waals surface area contributed by atoms with Crippen molar-refractivity contribution in [1.29, 1.82) is 0 Å². The SMILES string of the molecule is CSc1c(Oc2ccc(F)c(C(N)=O)c2)c(F)c(F)c2c1ccn2Sc1ccc(C)cc1. The van der Waals surface area contributed by atoms with Gasteiger partial charge in [-0.1, -0.05) is 17.7 Å². The first kappa shape index (κ1) is 22.2. The monoisotopic (exact) mass is 474 g/mol. The number of halogens is 3. The predicted octanol–water partition coefficient (Wildman–Crippen LogP) is 6.54. The average molecular weight is 475 g/mol. The summed E-state index contributed by atoms with van der Waals surface area (Å²) in [5.74, 6) is -4.47. The Balaban J connectivity index is 1.80. The molecular weight excluding hydrogens is 457 g/mol. The molecule has 0 fully saturated rings. The second kappa shape index (κ2) is 8.84. The molecule has 4 rings (SSSR count). The maximum absolute atomic E-state index is 15.2. The lowest BCUT2D eigenvalue weighted by atomic mass is 10.2. The fraction of sp³-hybridized carbons (Fsp3) is 0.0870. The summed E-state index contributed by atoms with van der Waals surface area (Å²) in [5.41, 5.74) is 5.93. The Morgan fingerprint density at radius 3 is 2.41 bits per heavy atom. The van der Waals surface area contributed by atoms with Crippen molar-refractivity contribution >= 4 is 40.5 Å². The Labute approximate surface area is 190 Å². The van der Waals surface area contributed by atoms with Crippen molar-refractivity contribution in [2.24, 2.45) is 5.73 Å². The summed E-state index contributed by atoms with van der Waals surface area (Å²) >= 11 is 2.44. The van der Waals surface area contributed by atoms with E-state index in [-0.39, 0.29) is 17.0 Å². The lowest BCUT2D eigenvalue weighted by Gasteiger charge is -2.15. The molecule has 32 heavy (non-hydrogen) atoms. The first-order valence-electron chi connectivity index (χ1n) is 9.38. The number of amides is 1. The summed E-state index contributed by atoms with van der Waals surface area (Å²) in [6.45, 7) is 1.97. The van der Waals surface area contributed by atoms with Gasteiger partial charge in [-0.15, -0.1) is 11.8 Å². The molecule has 2 N–H and O–H groups in total. The fourth-order valence-corrected chi connectivity index (χ4v) is 4.77. The molecule has 4 nitrogen and oxygen atoms in total. The number of benzene rings is 3. The van der Waals surface area contributed by atoms with E-state index < -0.39 is 28.9 Å². The molecule has 0 aliphatic heterocycles. The van der Waals surface area contributed by atoms with Crippen LogP contribution in [0.5, 0.6) is 11.5 Å². The van der Waals surface area contributed by atoms with Gasteiger partial charge in [0.05, 0.1) is 16.0 Å². The van der Waals surface area contributed by atoms with Crippen LogP contribution < -0.4 is 10.5 Å². The zero-order chi connectivity index (χ0) is 23.0. The van der Waals surface area contributed by atoms with Crippen LogP contribution in [0.2, 0.25) is 0 Å². The van der Waals surface area contributed by atoms with E-state index in [1.807, 2.05) is 31.2 Å². The predicted molar refractivity (Wildman–Crippen MR) is 121 cm³/mol. The smallest absolute Gasteiger partial charge is 0.251 e. The Bertz CT molecular complexity index is 1340. The number of primary amides is 1. The third kappa shape index (κ3) is 4.05. The number of aryl methyl sites for hydroxylation is 1. The maximum Gasteiger partial charge on any atom is 0.251 e. The van der Waals surface area contributed by atoms with Crippen LogP contribution in [0.1, 0.15) is 15.9 Å². The molecule has 164 valence electrons. The van der Waals surface area contributed by atoms with Crippen LogP contribution in [-0.2, 0) is 0 Å². The molecule has 3 aromatic carbocycles. The molecule has 0 spiro atoms. The Hall–Kier alpha value is -3.04. The van der Waals surface area contributed by atoms with Crippen molar-refractivity contribution in [3.63, 3.8) is 0 Å². The molecule has 1 heterocycles. The van der Waals surface area contributed by atoms with Crippen molar-refractivity contribution in [3.05, 3.63) is 83.3 Å². The molecule has 1 amide bonds. The second-order valence-electron chi connectivity index (χ2n) is 6.91. The number of carbonyl (C=O) groups is 1. The zero-order valence-corrected chi connectivity index (χ0v) is 18.6. The number of hydrogen-bond donors (Lipinski definition) is 1. The number of nitrogens with two attached hydrogens (primary N) is 1. The highest BCUT2D eigenvalue weighted by Gasteiger charge is 2.25. The third-order valence-corrected chi connectivity index (χ3v) is 6.55. The van der Waals surface area contributed by atoms with Crippen LogP contribution in [-0.4, -0.2) is 16.1 Å². The molecule has 0 aliphatic carbocycles. The van der Waals surface area contributed by atoms with E-state index in [9.17, 15) is 9.18 Å². The third-order valence-electron chi connectivity index (χ3n) is 4.75. The highest BCUT2D eigenvalue weighted by atomic mass is 32.2. The molecule has 1 aromatic heterocycles. The highest BCUT2D eigenvalue weighted by molar-refractivity contribution is 7.99. The van der Waals surface area contributed by atoms with E-state index in [1.54, 1.807) is 22.5 Å². The number of aromatic nitrogens is 1. The van der Waals surface area contributed by atoms with Crippen molar-refractivity contribution in [3.8, 4) is 11.5 Å². The van der Waals surface area contributed by atoms with Gasteiger partial charge in [0.2, 0.25) is 5.82 Å². The minimum Gasteiger partial charge on any atom is -0.453 e. The molecule has 0 radical (unpaired) electrons. The van der Waals surface area contributed by atoms with Gasteiger partial charge in [-0.25, -0.2) is 8.78 Å². The molecule has 0 unspecified atom stereocenters. The first-order chi connectivity index (χ1) is 15.3. The van der Waals surface area contributed by atoms with Crippen LogP contribution in [0.25, 0.3) is 10.9 Å². The second-order valence-corrected chi connectivity index (χ2v) is 8.77. The van der Waals surface area contributed by atoms with Crippen molar-refractivity contribution in [2.45, 2.75) is 16.7 Å². The van der Waals surface area contributed by atoms with Gasteiger partial charge in [0.25, 0.3) is 5.91 Å². The lowest BCUT2D eigenvalue weighted by Crippen LogP contribution is -2.13. The topological polar surface area (TPSA) is 57.2 Å². The molecule has 0 aliphatic rings. The van der Waals surface area contributed by atoms with Crippen molar-refractivity contribution in [1.82, 2.24) is 3.97 Å². The number of carbonyl (C=O) groups excluding carboxylic acids is 1. The van der Waals surface area contributed by atoms with Crippen LogP contribution in [0.15, 0.2) is 64.5 Å². The number of fused-ring (bicyclic) bond motifs is 1. The summed E-state index contributed by atoms with van der Waals surface area (Å²) in [6.07, 6.45) is 3.37. The van der Waals surface area contributed by atoms with Crippen molar-refractivity contribution < 1.29 is 22.7 Å². The number of hydrogen-bond acceptors (Lipinski definition) is 4. The minimum absolute atomic E-state index is 0.0402. The summed E-state index contributed by atoms with van der Waals surface area (Å²) in [6, 6.07) is 12.6. The lowest BCUT2D eigenvalue weighted by molar-refractivity contribution is 0.0996. The number of ether oxygens (including phenoxy) is 1. The molecule has 4 aromatic rings. The van der Waals surface area contributed by atoms with Gasteiger partial charge < -0.3 is 10.5 Å². The molecule has 0 saturated heterocycles. The highest BCUT2D eigenvalue weighted by Crippen LogP contribution is 2.43. The standard InChI is InChI=1S/C23H17F3N2O2S2/c1-12-3-6-14(7-4-12)32-28-10-9-15-20(28)18(25)19(26)21(22(15)31-2)30-13-5-8-17(24)16(11-13)23(27)29/h3-11H,1-2H3,(H2,27,29). The van der Waals surface area contributed by atoms with E-state index in [0.29, 0.717) is 10.3 Å². The van der Waals surface area contributed by atoms with Gasteiger partial charge in [-0.3, -0.25) is 8.77 Å². The zero-order valence-electron chi connectivity index (χ0n) is 17.0. The van der Waals surface area contributed by atoms with E-state index in [1.165, 1.54) is 29.8 Å². The summed E-state index contributed by atoms with van der Waals surface area (Å²) in [4.78, 5) is 12.6. The molecule has 0 saturated carbocycles. The molecular formula is C23H17F3N2O2S2. The largest absolute Gasteiger partial charge is 0.453 e. The Kier molecular flexibility index (Phi) is 6.12. The average Bonchev–Trinajstić information content (AvgIpc) is 3.18.